The normalized spacial score (nSPS) is 22.3. The molecule has 0 saturated carbocycles. The molecule has 0 bridgehead atoms. The fourth-order valence-corrected chi connectivity index (χ4v) is 4.58. The maximum absolute atomic E-state index is 13.0. The van der Waals surface area contributed by atoms with Gasteiger partial charge in [0.05, 0.1) is 36.8 Å². The number of hydrogen-bond donors (Lipinski definition) is 2. The van der Waals surface area contributed by atoms with Crippen LogP contribution in [-0.4, -0.2) is 30.9 Å². The minimum absolute atomic E-state index is 0.160. The van der Waals surface area contributed by atoms with Crippen LogP contribution in [0.3, 0.4) is 0 Å². The first kappa shape index (κ1) is 22.0. The molecule has 176 valence electrons. The summed E-state index contributed by atoms with van der Waals surface area (Å²) in [6, 6.07) is 12.1. The van der Waals surface area contributed by atoms with Crippen LogP contribution in [0.5, 0.6) is 11.5 Å². The molecule has 3 amide bonds. The van der Waals surface area contributed by atoms with E-state index in [2.05, 4.69) is 10.7 Å². The standard InChI is InChI=1S/C26H27N3O5/c1-16(17-10-11-22-23(15-17)34-13-5-12-33-22)27-24(30)18-6-4-7-19(14-18)29-26(32)21-9-3-2-8-20(21)25(31)28-29/h2-4,6-7,10-11,14-16,20-21H,5,8-9,12-13H2,1H3,(H,27,30)(H,28,31). The minimum Gasteiger partial charge on any atom is -0.490 e. The van der Waals surface area contributed by atoms with Crippen molar-refractivity contribution in [3.05, 3.63) is 65.7 Å². The number of benzene rings is 2. The fraction of sp³-hybridized carbons (Fsp3) is 0.346. The highest BCUT2D eigenvalue weighted by Gasteiger charge is 2.42. The number of anilines is 1. The first-order valence-corrected chi connectivity index (χ1v) is 11.6. The van der Waals surface area contributed by atoms with E-state index in [0.717, 1.165) is 12.0 Å². The van der Waals surface area contributed by atoms with E-state index in [-0.39, 0.29) is 35.6 Å². The van der Waals surface area contributed by atoms with Gasteiger partial charge in [0.1, 0.15) is 0 Å². The maximum Gasteiger partial charge on any atom is 0.251 e. The summed E-state index contributed by atoms with van der Waals surface area (Å²) in [6.45, 7) is 3.10. The lowest BCUT2D eigenvalue weighted by Crippen LogP contribution is -2.59. The number of nitrogens with one attached hydrogen (secondary N) is 2. The van der Waals surface area contributed by atoms with Crippen LogP contribution in [0.1, 0.15) is 48.1 Å². The zero-order valence-electron chi connectivity index (χ0n) is 19.0. The molecule has 8 heteroatoms. The summed E-state index contributed by atoms with van der Waals surface area (Å²) in [7, 11) is 0. The predicted octanol–water partition coefficient (Wildman–Crippen LogP) is 3.30. The molecule has 2 aromatic rings. The lowest BCUT2D eigenvalue weighted by atomic mass is 9.80. The average molecular weight is 462 g/mol. The van der Waals surface area contributed by atoms with Crippen molar-refractivity contribution in [3.8, 4) is 11.5 Å². The Bertz CT molecular complexity index is 1160. The second-order valence-electron chi connectivity index (χ2n) is 8.81. The van der Waals surface area contributed by atoms with E-state index in [1.54, 1.807) is 24.3 Å². The average Bonchev–Trinajstić information content (AvgIpc) is 3.11. The Kier molecular flexibility index (Phi) is 5.96. The summed E-state index contributed by atoms with van der Waals surface area (Å²) in [5.41, 5.74) is 4.45. The van der Waals surface area contributed by atoms with Crippen LogP contribution in [0.15, 0.2) is 54.6 Å². The molecule has 8 nitrogen and oxygen atoms in total. The quantitative estimate of drug-likeness (QED) is 0.681. The summed E-state index contributed by atoms with van der Waals surface area (Å²) in [4.78, 5) is 38.6. The Hall–Kier alpha value is -3.81. The molecule has 2 aliphatic heterocycles. The van der Waals surface area contributed by atoms with Crippen LogP contribution in [-0.2, 0) is 9.59 Å². The van der Waals surface area contributed by atoms with Gasteiger partial charge < -0.3 is 14.8 Å². The molecule has 5 rings (SSSR count). The number of carbonyl (C=O) groups excluding carboxylic acids is 3. The van der Waals surface area contributed by atoms with Crippen molar-refractivity contribution in [2.24, 2.45) is 11.8 Å². The minimum atomic E-state index is -0.379. The first-order chi connectivity index (χ1) is 16.5. The fourth-order valence-electron chi connectivity index (χ4n) is 4.58. The van der Waals surface area contributed by atoms with Crippen molar-refractivity contribution < 1.29 is 23.9 Å². The van der Waals surface area contributed by atoms with E-state index in [0.29, 0.717) is 48.8 Å². The van der Waals surface area contributed by atoms with Gasteiger partial charge in [0.15, 0.2) is 11.5 Å². The van der Waals surface area contributed by atoms with E-state index in [4.69, 9.17) is 9.47 Å². The lowest BCUT2D eigenvalue weighted by molar-refractivity contribution is -0.139. The highest BCUT2D eigenvalue weighted by atomic mass is 16.5. The maximum atomic E-state index is 13.0. The molecule has 1 fully saturated rings. The highest BCUT2D eigenvalue weighted by molar-refractivity contribution is 6.05. The molecule has 0 aromatic heterocycles. The molecule has 3 unspecified atom stereocenters. The number of rotatable bonds is 4. The third-order valence-corrected chi connectivity index (χ3v) is 6.51. The van der Waals surface area contributed by atoms with Crippen LogP contribution < -0.4 is 25.2 Å². The molecule has 0 radical (unpaired) electrons. The number of carbonyl (C=O) groups is 3. The van der Waals surface area contributed by atoms with Crippen molar-refractivity contribution in [1.82, 2.24) is 10.7 Å². The summed E-state index contributed by atoms with van der Waals surface area (Å²) in [5.74, 6) is 0.0476. The molecular formula is C26H27N3O5. The number of hydrazine groups is 1. The summed E-state index contributed by atoms with van der Waals surface area (Å²) in [5, 5.41) is 4.27. The Morgan fingerprint density at radius 2 is 1.79 bits per heavy atom. The first-order valence-electron chi connectivity index (χ1n) is 11.6. The van der Waals surface area contributed by atoms with E-state index < -0.39 is 0 Å². The van der Waals surface area contributed by atoms with Gasteiger partial charge >= 0.3 is 0 Å². The molecule has 2 heterocycles. The number of nitrogens with zero attached hydrogens (tertiary/aromatic N) is 1. The molecule has 2 N–H and O–H groups in total. The SMILES string of the molecule is CC(NC(=O)c1cccc(N2NC(=O)C3CC=CCC3C2=O)c1)c1ccc2c(c1)OCCCO2. The second-order valence-corrected chi connectivity index (χ2v) is 8.81. The third kappa shape index (κ3) is 4.23. The van der Waals surface area contributed by atoms with Crippen LogP contribution >= 0.6 is 0 Å². The summed E-state index contributed by atoms with van der Waals surface area (Å²) < 4.78 is 11.4. The van der Waals surface area contributed by atoms with Gasteiger partial charge in [-0.05, 0) is 55.7 Å². The van der Waals surface area contributed by atoms with Gasteiger partial charge in [-0.25, -0.2) is 5.01 Å². The number of allylic oxidation sites excluding steroid dienone is 2. The zero-order chi connectivity index (χ0) is 23.7. The van der Waals surface area contributed by atoms with Gasteiger partial charge in [0.2, 0.25) is 11.8 Å². The Morgan fingerprint density at radius 1 is 1.03 bits per heavy atom. The van der Waals surface area contributed by atoms with Crippen LogP contribution in [0.4, 0.5) is 5.69 Å². The van der Waals surface area contributed by atoms with Crippen molar-refractivity contribution in [2.75, 3.05) is 18.2 Å². The van der Waals surface area contributed by atoms with E-state index in [1.165, 1.54) is 5.01 Å². The van der Waals surface area contributed by atoms with Gasteiger partial charge in [-0.3, -0.25) is 19.8 Å². The predicted molar refractivity (Wildman–Crippen MR) is 125 cm³/mol. The molecule has 3 atom stereocenters. The Morgan fingerprint density at radius 3 is 2.62 bits per heavy atom. The van der Waals surface area contributed by atoms with Crippen molar-refractivity contribution in [3.63, 3.8) is 0 Å². The largest absolute Gasteiger partial charge is 0.490 e. The monoisotopic (exact) mass is 461 g/mol. The topological polar surface area (TPSA) is 97.0 Å². The molecule has 1 aliphatic carbocycles. The summed E-state index contributed by atoms with van der Waals surface area (Å²) >= 11 is 0. The zero-order valence-corrected chi connectivity index (χ0v) is 19.0. The van der Waals surface area contributed by atoms with Crippen molar-refractivity contribution in [2.45, 2.75) is 32.2 Å². The highest BCUT2D eigenvalue weighted by Crippen LogP contribution is 2.34. The molecule has 2 aromatic carbocycles. The molecule has 3 aliphatic rings. The van der Waals surface area contributed by atoms with Gasteiger partial charge in [0.25, 0.3) is 5.91 Å². The number of fused-ring (bicyclic) bond motifs is 2. The molecular weight excluding hydrogens is 434 g/mol. The van der Waals surface area contributed by atoms with Gasteiger partial charge in [-0.1, -0.05) is 24.3 Å². The van der Waals surface area contributed by atoms with E-state index in [9.17, 15) is 14.4 Å². The Balaban J connectivity index is 1.31. The van der Waals surface area contributed by atoms with Gasteiger partial charge in [0, 0.05) is 12.0 Å². The van der Waals surface area contributed by atoms with Crippen molar-refractivity contribution >= 4 is 23.4 Å². The van der Waals surface area contributed by atoms with Gasteiger partial charge in [-0.2, -0.15) is 0 Å². The molecule has 1 saturated heterocycles. The van der Waals surface area contributed by atoms with E-state index >= 15 is 0 Å². The van der Waals surface area contributed by atoms with Crippen LogP contribution in [0, 0.1) is 11.8 Å². The van der Waals surface area contributed by atoms with Crippen molar-refractivity contribution in [1.29, 1.82) is 0 Å². The Labute approximate surface area is 197 Å². The number of ether oxygens (including phenoxy) is 2. The van der Waals surface area contributed by atoms with Crippen LogP contribution in [0.2, 0.25) is 0 Å². The van der Waals surface area contributed by atoms with Crippen LogP contribution in [0.25, 0.3) is 0 Å². The second kappa shape index (κ2) is 9.21. The number of hydrogen-bond acceptors (Lipinski definition) is 5. The third-order valence-electron chi connectivity index (χ3n) is 6.51. The van der Waals surface area contributed by atoms with E-state index in [1.807, 2.05) is 37.3 Å². The smallest absolute Gasteiger partial charge is 0.251 e. The lowest BCUT2D eigenvalue weighted by Gasteiger charge is -2.38. The summed E-state index contributed by atoms with van der Waals surface area (Å²) in [6.07, 6.45) is 5.82. The number of amides is 3. The molecule has 34 heavy (non-hydrogen) atoms. The molecule has 0 spiro atoms. The van der Waals surface area contributed by atoms with Gasteiger partial charge in [-0.15, -0.1) is 0 Å².